The van der Waals surface area contributed by atoms with Gasteiger partial charge in [0.05, 0.1) is 33.6 Å². The Hall–Kier alpha value is -3.94. The summed E-state index contributed by atoms with van der Waals surface area (Å²) in [7, 11) is 3.05. The first-order valence-electron chi connectivity index (χ1n) is 12.4. The predicted octanol–water partition coefficient (Wildman–Crippen LogP) is 5.24. The molecule has 2 amide bonds. The number of carbonyl (C=O) groups is 2. The zero-order valence-electron chi connectivity index (χ0n) is 22.2. The number of nitrogens with zero attached hydrogens (tertiary/aromatic N) is 1. The smallest absolute Gasteiger partial charge is 0.255 e. The molecule has 0 saturated carbocycles. The monoisotopic (exact) mass is 508 g/mol. The van der Waals surface area contributed by atoms with Gasteiger partial charge in [-0.05, 0) is 67.3 Å². The van der Waals surface area contributed by atoms with Gasteiger partial charge in [-0.2, -0.15) is 0 Å². The summed E-state index contributed by atoms with van der Waals surface area (Å²) in [6.07, 6.45) is 2.37. The fraction of sp³-hybridized carbons (Fsp3) is 0.379. The van der Waals surface area contributed by atoms with E-state index in [-0.39, 0.29) is 18.4 Å². The van der Waals surface area contributed by atoms with Gasteiger partial charge in [0, 0.05) is 12.1 Å². The average Bonchev–Trinajstić information content (AvgIpc) is 3.41. The molecule has 3 aromatic rings. The maximum atomic E-state index is 14.0. The minimum Gasteiger partial charge on any atom is -0.494 e. The van der Waals surface area contributed by atoms with Crippen molar-refractivity contribution >= 4 is 11.8 Å². The molecule has 1 atom stereocenters. The topological polar surface area (TPSA) is 90.2 Å². The van der Waals surface area contributed by atoms with Gasteiger partial charge < -0.3 is 28.8 Å². The van der Waals surface area contributed by atoms with Gasteiger partial charge in [-0.3, -0.25) is 9.59 Å². The minimum atomic E-state index is -0.909. The normalized spacial score (nSPS) is 11.6. The fourth-order valence-corrected chi connectivity index (χ4v) is 3.95. The van der Waals surface area contributed by atoms with Gasteiger partial charge in [0.15, 0.2) is 11.5 Å². The van der Waals surface area contributed by atoms with Crippen LogP contribution in [0.1, 0.15) is 54.9 Å². The minimum absolute atomic E-state index is 0.0929. The van der Waals surface area contributed by atoms with Crippen LogP contribution in [0.3, 0.4) is 0 Å². The SMILES string of the molecule is CCOc1ccc(C(C(=O)NCCC(C)C)N(Cc2ccco2)C(=O)c2ccc(OC)c(OC)c2)cc1. The molecule has 37 heavy (non-hydrogen) atoms. The van der Waals surface area contributed by atoms with Crippen LogP contribution in [-0.4, -0.2) is 44.1 Å². The first kappa shape index (κ1) is 27.6. The van der Waals surface area contributed by atoms with Crippen molar-refractivity contribution in [3.05, 3.63) is 77.7 Å². The van der Waals surface area contributed by atoms with Crippen LogP contribution in [0.4, 0.5) is 0 Å². The Balaban J connectivity index is 2.05. The average molecular weight is 509 g/mol. The lowest BCUT2D eigenvalue weighted by molar-refractivity contribution is -0.126. The number of hydrogen-bond donors (Lipinski definition) is 1. The number of ether oxygens (including phenoxy) is 3. The summed E-state index contributed by atoms with van der Waals surface area (Å²) in [5.41, 5.74) is 1.01. The second-order valence-electron chi connectivity index (χ2n) is 8.96. The fourth-order valence-electron chi connectivity index (χ4n) is 3.95. The highest BCUT2D eigenvalue weighted by Crippen LogP contribution is 2.31. The number of amides is 2. The molecular formula is C29H36N2O6. The molecule has 1 unspecified atom stereocenters. The third kappa shape index (κ3) is 7.29. The molecule has 8 heteroatoms. The van der Waals surface area contributed by atoms with Crippen LogP contribution in [0.5, 0.6) is 17.2 Å². The molecule has 2 aromatic carbocycles. The molecule has 0 spiro atoms. The number of carbonyl (C=O) groups excluding carboxylic acids is 2. The largest absolute Gasteiger partial charge is 0.494 e. The molecule has 0 radical (unpaired) electrons. The molecule has 0 aliphatic carbocycles. The molecule has 0 aliphatic heterocycles. The Kier molecular flexibility index (Phi) is 10.0. The van der Waals surface area contributed by atoms with Gasteiger partial charge in [-0.15, -0.1) is 0 Å². The zero-order valence-corrected chi connectivity index (χ0v) is 22.2. The highest BCUT2D eigenvalue weighted by atomic mass is 16.5. The van der Waals surface area contributed by atoms with Crippen LogP contribution in [0.25, 0.3) is 0 Å². The number of rotatable bonds is 13. The lowest BCUT2D eigenvalue weighted by Gasteiger charge is -2.31. The van der Waals surface area contributed by atoms with Crippen LogP contribution in [0.15, 0.2) is 65.3 Å². The molecule has 1 N–H and O–H groups in total. The summed E-state index contributed by atoms with van der Waals surface area (Å²) in [6, 6.07) is 14.8. The van der Waals surface area contributed by atoms with Crippen LogP contribution < -0.4 is 19.5 Å². The molecule has 0 aliphatic rings. The van der Waals surface area contributed by atoms with Gasteiger partial charge in [0.2, 0.25) is 5.91 Å². The zero-order chi connectivity index (χ0) is 26.8. The van der Waals surface area contributed by atoms with Crippen molar-refractivity contribution in [1.29, 1.82) is 0 Å². The van der Waals surface area contributed by atoms with Gasteiger partial charge in [0.1, 0.15) is 17.6 Å². The van der Waals surface area contributed by atoms with Crippen molar-refractivity contribution in [2.45, 2.75) is 39.8 Å². The molecule has 8 nitrogen and oxygen atoms in total. The molecule has 1 aromatic heterocycles. The summed E-state index contributed by atoms with van der Waals surface area (Å²) >= 11 is 0. The second kappa shape index (κ2) is 13.4. The van der Waals surface area contributed by atoms with E-state index in [1.54, 1.807) is 48.7 Å². The van der Waals surface area contributed by atoms with E-state index < -0.39 is 6.04 Å². The molecule has 0 bridgehead atoms. The van der Waals surface area contributed by atoms with E-state index >= 15 is 0 Å². The highest BCUT2D eigenvalue weighted by molar-refractivity contribution is 5.98. The highest BCUT2D eigenvalue weighted by Gasteiger charge is 2.33. The van der Waals surface area contributed by atoms with Crippen molar-refractivity contribution < 1.29 is 28.2 Å². The van der Waals surface area contributed by atoms with Crippen molar-refractivity contribution in [3.8, 4) is 17.2 Å². The first-order chi connectivity index (χ1) is 17.9. The van der Waals surface area contributed by atoms with Crippen molar-refractivity contribution in [1.82, 2.24) is 10.2 Å². The number of methoxy groups -OCH3 is 2. The second-order valence-corrected chi connectivity index (χ2v) is 8.96. The van der Waals surface area contributed by atoms with Crippen LogP contribution in [0.2, 0.25) is 0 Å². The van der Waals surface area contributed by atoms with Crippen molar-refractivity contribution in [2.75, 3.05) is 27.4 Å². The molecule has 198 valence electrons. The van der Waals surface area contributed by atoms with E-state index in [9.17, 15) is 9.59 Å². The Bertz CT molecular complexity index is 1140. The number of benzene rings is 2. The number of hydrogen-bond acceptors (Lipinski definition) is 6. The van der Waals surface area contributed by atoms with Crippen molar-refractivity contribution in [2.24, 2.45) is 5.92 Å². The molecule has 0 fully saturated rings. The van der Waals surface area contributed by atoms with Crippen molar-refractivity contribution in [3.63, 3.8) is 0 Å². The molecule has 1 heterocycles. The van der Waals surface area contributed by atoms with Gasteiger partial charge >= 0.3 is 0 Å². The van der Waals surface area contributed by atoms with E-state index in [0.29, 0.717) is 53.2 Å². The number of nitrogens with one attached hydrogen (secondary N) is 1. The molecule has 3 rings (SSSR count). The van der Waals surface area contributed by atoms with Gasteiger partial charge in [-0.1, -0.05) is 26.0 Å². The third-order valence-corrected chi connectivity index (χ3v) is 5.89. The van der Waals surface area contributed by atoms with Crippen LogP contribution in [0, 0.1) is 5.92 Å². The Morgan fingerprint density at radius 2 is 1.73 bits per heavy atom. The summed E-state index contributed by atoms with van der Waals surface area (Å²) in [6.45, 7) is 7.23. The molecular weight excluding hydrogens is 472 g/mol. The maximum absolute atomic E-state index is 14.0. The van der Waals surface area contributed by atoms with Crippen LogP contribution in [-0.2, 0) is 11.3 Å². The standard InChI is InChI=1S/C29H36N2O6/c1-6-36-23-12-9-21(10-13-23)27(28(32)30-16-15-20(2)3)31(19-24-8-7-17-37-24)29(33)22-11-14-25(34-4)26(18-22)35-5/h7-14,17-18,20,27H,6,15-16,19H2,1-5H3,(H,30,32). The molecule has 0 saturated heterocycles. The Labute approximate surface area is 218 Å². The summed E-state index contributed by atoms with van der Waals surface area (Å²) in [5.74, 6) is 1.97. The lowest BCUT2D eigenvalue weighted by Crippen LogP contribution is -2.43. The Morgan fingerprint density at radius 1 is 1.00 bits per heavy atom. The summed E-state index contributed by atoms with van der Waals surface area (Å²) in [4.78, 5) is 29.2. The maximum Gasteiger partial charge on any atom is 0.255 e. The Morgan fingerprint density at radius 3 is 2.32 bits per heavy atom. The van der Waals surface area contributed by atoms with E-state index in [2.05, 4.69) is 19.2 Å². The van der Waals surface area contributed by atoms with E-state index in [0.717, 1.165) is 6.42 Å². The number of furan rings is 1. The van der Waals surface area contributed by atoms with E-state index in [1.165, 1.54) is 19.1 Å². The summed E-state index contributed by atoms with van der Waals surface area (Å²) in [5, 5.41) is 3.02. The predicted molar refractivity (Wildman–Crippen MR) is 141 cm³/mol. The third-order valence-electron chi connectivity index (χ3n) is 5.89. The van der Waals surface area contributed by atoms with E-state index in [4.69, 9.17) is 18.6 Å². The van der Waals surface area contributed by atoms with Gasteiger partial charge in [-0.25, -0.2) is 0 Å². The first-order valence-corrected chi connectivity index (χ1v) is 12.4. The quantitative estimate of drug-likeness (QED) is 0.340. The lowest BCUT2D eigenvalue weighted by atomic mass is 10.0. The van der Waals surface area contributed by atoms with Gasteiger partial charge in [0.25, 0.3) is 5.91 Å². The van der Waals surface area contributed by atoms with Crippen LogP contribution >= 0.6 is 0 Å². The summed E-state index contributed by atoms with van der Waals surface area (Å²) < 4.78 is 21.9. The van der Waals surface area contributed by atoms with E-state index in [1.807, 2.05) is 19.1 Å².